The lowest BCUT2D eigenvalue weighted by Gasteiger charge is -2.32. The van der Waals surface area contributed by atoms with E-state index in [4.69, 9.17) is 0 Å². The average Bonchev–Trinajstić information content (AvgIpc) is 2.30. The van der Waals surface area contributed by atoms with Gasteiger partial charge in [0.05, 0.1) is 10.9 Å². The lowest BCUT2D eigenvalue weighted by atomic mass is 10.0. The van der Waals surface area contributed by atoms with Crippen LogP contribution in [0.1, 0.15) is 26.7 Å². The highest BCUT2D eigenvalue weighted by atomic mass is 79.9. The molecule has 1 saturated heterocycles. The number of halogens is 1. The summed E-state index contributed by atoms with van der Waals surface area (Å²) < 4.78 is -0.522. The van der Waals surface area contributed by atoms with Crippen LogP contribution in [-0.2, 0) is 9.59 Å². The average molecular weight is 320 g/mol. The predicted octanol–water partition coefficient (Wildman–Crippen LogP) is 0.487. The zero-order chi connectivity index (χ0) is 13.8. The van der Waals surface area contributed by atoms with Crippen LogP contribution in [0, 0.1) is 0 Å². The number of carbonyl (C=O) groups is 2. The summed E-state index contributed by atoms with van der Waals surface area (Å²) in [5, 5.41) is 5.65. The second-order valence-corrected chi connectivity index (χ2v) is 7.15. The minimum atomic E-state index is -0.522. The molecule has 0 spiro atoms. The molecule has 0 radical (unpaired) electrons. The smallest absolute Gasteiger partial charge is 0.236 e. The Bertz CT molecular complexity index is 307. The van der Waals surface area contributed by atoms with Gasteiger partial charge in [0, 0.05) is 26.2 Å². The van der Waals surface area contributed by atoms with Crippen LogP contribution in [-0.4, -0.2) is 53.8 Å². The summed E-state index contributed by atoms with van der Waals surface area (Å²) in [5.41, 5.74) is 0. The molecule has 1 aliphatic rings. The first-order valence-electron chi connectivity index (χ1n) is 6.25. The maximum absolute atomic E-state index is 11.8. The molecule has 6 heteroatoms. The molecule has 104 valence electrons. The van der Waals surface area contributed by atoms with Crippen molar-refractivity contribution >= 4 is 27.7 Å². The molecule has 1 heterocycles. The molecule has 0 saturated carbocycles. The van der Waals surface area contributed by atoms with Crippen LogP contribution in [0.25, 0.3) is 0 Å². The van der Waals surface area contributed by atoms with E-state index in [1.54, 1.807) is 7.05 Å². The maximum atomic E-state index is 11.8. The molecule has 0 aliphatic carbocycles. The normalized spacial score (nSPS) is 18.4. The maximum Gasteiger partial charge on any atom is 0.236 e. The van der Waals surface area contributed by atoms with Gasteiger partial charge in [-0.1, -0.05) is 15.9 Å². The second-order valence-electron chi connectivity index (χ2n) is 5.17. The highest BCUT2D eigenvalue weighted by Crippen LogP contribution is 2.17. The lowest BCUT2D eigenvalue weighted by Crippen LogP contribution is -2.50. The monoisotopic (exact) mass is 319 g/mol. The number of nitrogens with one attached hydrogen (secondary N) is 2. The van der Waals surface area contributed by atoms with Gasteiger partial charge in [0.2, 0.25) is 11.8 Å². The van der Waals surface area contributed by atoms with E-state index in [0.717, 1.165) is 25.9 Å². The molecule has 0 aromatic rings. The molecule has 0 unspecified atom stereocenters. The van der Waals surface area contributed by atoms with Gasteiger partial charge in [0.15, 0.2) is 0 Å². The minimum absolute atomic E-state index is 0.0206. The number of piperidine rings is 1. The number of hydrogen-bond donors (Lipinski definition) is 2. The van der Waals surface area contributed by atoms with E-state index in [2.05, 4.69) is 31.5 Å². The molecule has 1 aliphatic heterocycles. The van der Waals surface area contributed by atoms with Gasteiger partial charge in [-0.15, -0.1) is 0 Å². The Hall–Kier alpha value is -0.620. The molecule has 1 rings (SSSR count). The lowest BCUT2D eigenvalue weighted by molar-refractivity contribution is -0.124. The van der Waals surface area contributed by atoms with Crippen molar-refractivity contribution in [1.29, 1.82) is 0 Å². The molecule has 0 bridgehead atoms. The van der Waals surface area contributed by atoms with Gasteiger partial charge >= 0.3 is 0 Å². The number of alkyl halides is 1. The third-order valence-electron chi connectivity index (χ3n) is 3.11. The number of amides is 2. The summed E-state index contributed by atoms with van der Waals surface area (Å²) >= 11 is 3.35. The standard InChI is InChI=1S/C12H22BrN3O2/c1-12(2,13)11(18)15-9-4-6-16(7-5-9)8-10(17)14-3/h9H,4-8H2,1-3H3,(H,14,17)(H,15,18). The van der Waals surface area contributed by atoms with Crippen LogP contribution in [0.15, 0.2) is 0 Å². The van der Waals surface area contributed by atoms with Crippen molar-refractivity contribution < 1.29 is 9.59 Å². The fourth-order valence-corrected chi connectivity index (χ4v) is 1.99. The fourth-order valence-electron chi connectivity index (χ4n) is 1.87. The van der Waals surface area contributed by atoms with Gasteiger partial charge in [-0.05, 0) is 26.7 Å². The van der Waals surface area contributed by atoms with E-state index in [1.807, 2.05) is 13.8 Å². The molecule has 2 amide bonds. The minimum Gasteiger partial charge on any atom is -0.358 e. The van der Waals surface area contributed by atoms with E-state index in [0.29, 0.717) is 6.54 Å². The Morgan fingerprint density at radius 2 is 1.89 bits per heavy atom. The van der Waals surface area contributed by atoms with Crippen molar-refractivity contribution in [3.05, 3.63) is 0 Å². The third kappa shape index (κ3) is 4.94. The molecule has 0 aromatic heterocycles. The highest BCUT2D eigenvalue weighted by molar-refractivity contribution is 9.10. The van der Waals surface area contributed by atoms with Gasteiger partial charge in [-0.2, -0.15) is 0 Å². The molecular formula is C12H22BrN3O2. The third-order valence-corrected chi connectivity index (χ3v) is 3.47. The summed E-state index contributed by atoms with van der Waals surface area (Å²) in [6, 6.07) is 0.218. The van der Waals surface area contributed by atoms with Crippen molar-refractivity contribution in [2.45, 2.75) is 37.1 Å². The van der Waals surface area contributed by atoms with Crippen LogP contribution >= 0.6 is 15.9 Å². The van der Waals surface area contributed by atoms with E-state index in [9.17, 15) is 9.59 Å². The Labute approximate surface area is 117 Å². The topological polar surface area (TPSA) is 61.4 Å². The Balaban J connectivity index is 2.32. The molecule has 2 N–H and O–H groups in total. The van der Waals surface area contributed by atoms with E-state index < -0.39 is 4.32 Å². The van der Waals surface area contributed by atoms with Crippen LogP contribution in [0.5, 0.6) is 0 Å². The van der Waals surface area contributed by atoms with Crippen molar-refractivity contribution in [3.8, 4) is 0 Å². The van der Waals surface area contributed by atoms with Gasteiger partial charge < -0.3 is 10.6 Å². The number of carbonyl (C=O) groups excluding carboxylic acids is 2. The van der Waals surface area contributed by atoms with E-state index >= 15 is 0 Å². The van der Waals surface area contributed by atoms with Crippen LogP contribution in [0.2, 0.25) is 0 Å². The SMILES string of the molecule is CNC(=O)CN1CCC(NC(=O)C(C)(C)Br)CC1. The van der Waals surface area contributed by atoms with Crippen LogP contribution in [0.3, 0.4) is 0 Å². The fraction of sp³-hybridized carbons (Fsp3) is 0.833. The Kier molecular flexibility index (Phi) is 5.59. The number of likely N-dealkylation sites (N-methyl/N-ethyl adjacent to an activating group) is 1. The molecular weight excluding hydrogens is 298 g/mol. The molecule has 5 nitrogen and oxygen atoms in total. The number of hydrogen-bond acceptors (Lipinski definition) is 3. The summed E-state index contributed by atoms with van der Waals surface area (Å²) in [5.74, 6) is 0.0614. The summed E-state index contributed by atoms with van der Waals surface area (Å²) in [6.07, 6.45) is 1.79. The summed E-state index contributed by atoms with van der Waals surface area (Å²) in [7, 11) is 1.65. The number of nitrogens with zero attached hydrogens (tertiary/aromatic N) is 1. The van der Waals surface area contributed by atoms with Crippen molar-refractivity contribution in [2.24, 2.45) is 0 Å². The first-order chi connectivity index (χ1) is 8.32. The second kappa shape index (κ2) is 6.52. The summed E-state index contributed by atoms with van der Waals surface area (Å²) in [6.45, 7) is 5.81. The predicted molar refractivity (Wildman–Crippen MR) is 74.7 cm³/mol. The Morgan fingerprint density at radius 3 is 2.33 bits per heavy atom. The van der Waals surface area contributed by atoms with Gasteiger partial charge in [-0.25, -0.2) is 0 Å². The van der Waals surface area contributed by atoms with Gasteiger partial charge in [-0.3, -0.25) is 14.5 Å². The zero-order valence-electron chi connectivity index (χ0n) is 11.3. The molecule has 0 aromatic carbocycles. The number of likely N-dealkylation sites (tertiary alicyclic amines) is 1. The van der Waals surface area contributed by atoms with E-state index in [-0.39, 0.29) is 17.9 Å². The summed E-state index contributed by atoms with van der Waals surface area (Å²) in [4.78, 5) is 25.2. The van der Waals surface area contributed by atoms with E-state index in [1.165, 1.54) is 0 Å². The van der Waals surface area contributed by atoms with Crippen molar-refractivity contribution in [2.75, 3.05) is 26.7 Å². The molecule has 1 fully saturated rings. The number of rotatable bonds is 4. The first-order valence-corrected chi connectivity index (χ1v) is 7.05. The Morgan fingerprint density at radius 1 is 1.33 bits per heavy atom. The molecule has 0 atom stereocenters. The largest absolute Gasteiger partial charge is 0.358 e. The van der Waals surface area contributed by atoms with Gasteiger partial charge in [0.25, 0.3) is 0 Å². The highest BCUT2D eigenvalue weighted by Gasteiger charge is 2.28. The van der Waals surface area contributed by atoms with Crippen molar-refractivity contribution in [3.63, 3.8) is 0 Å². The van der Waals surface area contributed by atoms with Gasteiger partial charge in [0.1, 0.15) is 0 Å². The quantitative estimate of drug-likeness (QED) is 0.741. The van der Waals surface area contributed by atoms with Crippen LogP contribution < -0.4 is 10.6 Å². The molecule has 18 heavy (non-hydrogen) atoms. The first kappa shape index (κ1) is 15.4. The van der Waals surface area contributed by atoms with Crippen LogP contribution in [0.4, 0.5) is 0 Å². The zero-order valence-corrected chi connectivity index (χ0v) is 12.8. The van der Waals surface area contributed by atoms with Crippen molar-refractivity contribution in [1.82, 2.24) is 15.5 Å².